The molecule has 0 aliphatic rings. The highest BCUT2D eigenvalue weighted by molar-refractivity contribution is 6.11. The number of carbonyl (C=O) groups is 1. The second kappa shape index (κ2) is 8.10. The van der Waals surface area contributed by atoms with E-state index in [4.69, 9.17) is 4.74 Å². The molecule has 1 aromatic heterocycles. The first kappa shape index (κ1) is 17.4. The van der Waals surface area contributed by atoms with E-state index >= 15 is 0 Å². The van der Waals surface area contributed by atoms with Gasteiger partial charge in [-0.1, -0.05) is 55.5 Å². The molecule has 0 spiro atoms. The molecule has 1 atom stereocenters. The number of methoxy groups -OCH3 is 1. The number of fused-ring (bicyclic) bond motifs is 1. The van der Waals surface area contributed by atoms with E-state index in [1.165, 1.54) is 5.56 Å². The molecule has 130 valence electrons. The van der Waals surface area contributed by atoms with E-state index in [1.54, 1.807) is 7.11 Å². The molecule has 2 N–H and O–H groups in total. The van der Waals surface area contributed by atoms with Crippen LogP contribution in [0.3, 0.4) is 0 Å². The Bertz CT molecular complexity index is 839. The Hall–Kier alpha value is -2.43. The first-order chi connectivity index (χ1) is 12.3. The Labute approximate surface area is 148 Å². The molecule has 0 bridgehead atoms. The average molecular weight is 336 g/mol. The lowest BCUT2D eigenvalue weighted by Crippen LogP contribution is -2.31. The number of aromatic nitrogens is 1. The molecule has 1 unspecified atom stereocenters. The fraction of sp³-hybridized carbons (Fsp3) is 0.286. The van der Waals surface area contributed by atoms with Crippen LogP contribution in [0.25, 0.3) is 10.9 Å². The summed E-state index contributed by atoms with van der Waals surface area (Å²) in [5.41, 5.74) is 3.96. The van der Waals surface area contributed by atoms with Gasteiger partial charge in [0.1, 0.15) is 0 Å². The maximum Gasteiger partial charge on any atom is 0.186 e. The van der Waals surface area contributed by atoms with Gasteiger partial charge < -0.3 is 15.0 Å². The predicted molar refractivity (Wildman–Crippen MR) is 101 cm³/mol. The molecule has 0 saturated carbocycles. The zero-order chi connectivity index (χ0) is 17.6. The molecule has 4 nitrogen and oxygen atoms in total. The molecular weight excluding hydrogens is 312 g/mol. The van der Waals surface area contributed by atoms with Crippen molar-refractivity contribution in [2.45, 2.75) is 19.4 Å². The van der Waals surface area contributed by atoms with Gasteiger partial charge in [-0.2, -0.15) is 0 Å². The first-order valence-corrected chi connectivity index (χ1v) is 8.66. The number of aromatic amines is 1. The Kier molecular flexibility index (Phi) is 5.64. The molecule has 1 heterocycles. The molecule has 25 heavy (non-hydrogen) atoms. The Morgan fingerprint density at radius 1 is 1.16 bits per heavy atom. The van der Waals surface area contributed by atoms with E-state index < -0.39 is 0 Å². The zero-order valence-corrected chi connectivity index (χ0v) is 14.7. The van der Waals surface area contributed by atoms with Gasteiger partial charge in [-0.05, 0) is 17.5 Å². The quantitative estimate of drug-likeness (QED) is 0.485. The number of nitrogens with one attached hydrogen (secondary N) is 2. The number of para-hydroxylation sites is 1. The summed E-state index contributed by atoms with van der Waals surface area (Å²) in [5.74, 6) is 0.0711. The van der Waals surface area contributed by atoms with Crippen molar-refractivity contribution in [3.05, 3.63) is 71.4 Å². The number of Topliss-reactive ketones (excluding diaryl/α,β-unsaturated/α-hetero) is 1. The van der Waals surface area contributed by atoms with Crippen molar-refractivity contribution in [3.8, 4) is 0 Å². The van der Waals surface area contributed by atoms with Crippen LogP contribution in [0, 0.1) is 0 Å². The summed E-state index contributed by atoms with van der Waals surface area (Å²) in [7, 11) is 1.66. The van der Waals surface area contributed by atoms with Crippen molar-refractivity contribution in [2.24, 2.45) is 0 Å². The minimum atomic E-state index is -0.388. The van der Waals surface area contributed by atoms with Crippen LogP contribution in [0.2, 0.25) is 0 Å². The highest BCUT2D eigenvalue weighted by Gasteiger charge is 2.24. The van der Waals surface area contributed by atoms with Crippen molar-refractivity contribution >= 4 is 16.7 Å². The minimum Gasteiger partial charge on any atom is -0.383 e. The average Bonchev–Trinajstić information content (AvgIpc) is 3.09. The number of hydrogen-bond donors (Lipinski definition) is 2. The molecule has 0 saturated heterocycles. The lowest BCUT2D eigenvalue weighted by atomic mass is 9.96. The summed E-state index contributed by atoms with van der Waals surface area (Å²) in [6.45, 7) is 3.30. The number of carbonyl (C=O) groups excluding carboxylic acids is 1. The molecule has 0 amide bonds. The SMILES string of the molecule is CCc1cccc2c(C(=O)C(NCCOC)c3ccccc3)c[nH]c12. The molecule has 2 aromatic carbocycles. The molecule has 0 aliphatic carbocycles. The summed E-state index contributed by atoms with van der Waals surface area (Å²) >= 11 is 0. The van der Waals surface area contributed by atoms with Crippen LogP contribution in [-0.4, -0.2) is 31.0 Å². The predicted octanol–water partition coefficient (Wildman–Crippen LogP) is 3.89. The van der Waals surface area contributed by atoms with Crippen LogP contribution in [-0.2, 0) is 11.2 Å². The highest BCUT2D eigenvalue weighted by atomic mass is 16.5. The summed E-state index contributed by atoms with van der Waals surface area (Å²) in [6.07, 6.45) is 2.76. The Balaban J connectivity index is 1.97. The van der Waals surface area contributed by atoms with Gasteiger partial charge in [-0.3, -0.25) is 4.79 Å². The second-order valence-corrected chi connectivity index (χ2v) is 6.05. The van der Waals surface area contributed by atoms with Crippen molar-refractivity contribution in [1.29, 1.82) is 0 Å². The topological polar surface area (TPSA) is 54.1 Å². The monoisotopic (exact) mass is 336 g/mol. The van der Waals surface area contributed by atoms with Crippen LogP contribution < -0.4 is 5.32 Å². The third-order valence-electron chi connectivity index (χ3n) is 4.50. The maximum absolute atomic E-state index is 13.3. The fourth-order valence-electron chi connectivity index (χ4n) is 3.18. The molecule has 0 fully saturated rings. The molecule has 4 heteroatoms. The largest absolute Gasteiger partial charge is 0.383 e. The summed E-state index contributed by atoms with van der Waals surface area (Å²) in [5, 5.41) is 4.31. The molecule has 0 aliphatic heterocycles. The molecular formula is C21H24N2O2. The van der Waals surface area contributed by atoms with Crippen molar-refractivity contribution in [3.63, 3.8) is 0 Å². The third kappa shape index (κ3) is 3.65. The van der Waals surface area contributed by atoms with Gasteiger partial charge in [-0.25, -0.2) is 0 Å². The van der Waals surface area contributed by atoms with Gasteiger partial charge in [0.05, 0.1) is 12.6 Å². The van der Waals surface area contributed by atoms with Crippen LogP contribution in [0.15, 0.2) is 54.7 Å². The van der Waals surface area contributed by atoms with Gasteiger partial charge in [0.25, 0.3) is 0 Å². The van der Waals surface area contributed by atoms with Crippen molar-refractivity contribution < 1.29 is 9.53 Å². The third-order valence-corrected chi connectivity index (χ3v) is 4.50. The van der Waals surface area contributed by atoms with E-state index in [9.17, 15) is 4.79 Å². The Morgan fingerprint density at radius 2 is 1.96 bits per heavy atom. The number of ether oxygens (including phenoxy) is 1. The van der Waals surface area contributed by atoms with Crippen molar-refractivity contribution in [1.82, 2.24) is 10.3 Å². The van der Waals surface area contributed by atoms with Crippen LogP contribution in [0.1, 0.15) is 34.5 Å². The number of benzene rings is 2. The number of hydrogen-bond acceptors (Lipinski definition) is 3. The van der Waals surface area contributed by atoms with E-state index in [0.717, 1.165) is 28.5 Å². The normalized spacial score (nSPS) is 12.4. The van der Waals surface area contributed by atoms with Gasteiger partial charge in [0.15, 0.2) is 5.78 Å². The summed E-state index contributed by atoms with van der Waals surface area (Å²) in [4.78, 5) is 16.6. The van der Waals surface area contributed by atoms with Crippen molar-refractivity contribution in [2.75, 3.05) is 20.3 Å². The van der Waals surface area contributed by atoms with Crippen LogP contribution >= 0.6 is 0 Å². The van der Waals surface area contributed by atoms with E-state index in [-0.39, 0.29) is 11.8 Å². The van der Waals surface area contributed by atoms with E-state index in [1.807, 2.05) is 48.7 Å². The number of aryl methyl sites for hydroxylation is 1. The van der Waals surface area contributed by atoms with Crippen LogP contribution in [0.5, 0.6) is 0 Å². The van der Waals surface area contributed by atoms with E-state index in [2.05, 4.69) is 23.3 Å². The van der Waals surface area contributed by atoms with E-state index in [0.29, 0.717) is 13.2 Å². The second-order valence-electron chi connectivity index (χ2n) is 6.05. The van der Waals surface area contributed by atoms with Gasteiger partial charge >= 0.3 is 0 Å². The first-order valence-electron chi connectivity index (χ1n) is 8.66. The smallest absolute Gasteiger partial charge is 0.186 e. The fourth-order valence-corrected chi connectivity index (χ4v) is 3.18. The van der Waals surface area contributed by atoms with Gasteiger partial charge in [0.2, 0.25) is 0 Å². The van der Waals surface area contributed by atoms with Crippen LogP contribution in [0.4, 0.5) is 0 Å². The zero-order valence-electron chi connectivity index (χ0n) is 14.7. The van der Waals surface area contributed by atoms with Gasteiger partial charge in [0, 0.05) is 36.3 Å². The standard InChI is InChI=1S/C21H24N2O2/c1-3-15-10-7-11-17-18(14-23-19(15)17)21(24)20(22-12-13-25-2)16-8-5-4-6-9-16/h4-11,14,20,22-23H,3,12-13H2,1-2H3. The highest BCUT2D eigenvalue weighted by Crippen LogP contribution is 2.26. The number of rotatable bonds is 8. The summed E-state index contributed by atoms with van der Waals surface area (Å²) in [6, 6.07) is 15.6. The lowest BCUT2D eigenvalue weighted by molar-refractivity contribution is 0.0938. The lowest BCUT2D eigenvalue weighted by Gasteiger charge is -2.18. The number of ketones is 1. The summed E-state index contributed by atoms with van der Waals surface area (Å²) < 4.78 is 5.12. The number of H-pyrrole nitrogens is 1. The molecule has 0 radical (unpaired) electrons. The molecule has 3 aromatic rings. The maximum atomic E-state index is 13.3. The molecule has 3 rings (SSSR count). The minimum absolute atomic E-state index is 0.0711. The van der Waals surface area contributed by atoms with Gasteiger partial charge in [-0.15, -0.1) is 0 Å². The Morgan fingerprint density at radius 3 is 2.68 bits per heavy atom.